The maximum atomic E-state index is 12.9. The number of ether oxygens (including phenoxy) is 6. The number of phenolic OH excluding ortho intramolecular Hbond substituents is 4. The topological polar surface area (TPSA) is 255 Å². The summed E-state index contributed by atoms with van der Waals surface area (Å²) < 4.78 is 34.2. The van der Waals surface area contributed by atoms with E-state index in [0.717, 1.165) is 6.08 Å². The Morgan fingerprint density at radius 2 is 1.53 bits per heavy atom. The summed E-state index contributed by atoms with van der Waals surface area (Å²) in [4.78, 5) is 12.9. The molecular weight excluding hydrogens is 628 g/mol. The Bertz CT molecular complexity index is 1370. The highest BCUT2D eigenvalue weighted by Gasteiger charge is 2.52. The molecule has 0 aromatic heterocycles. The first kappa shape index (κ1) is 36.3. The Morgan fingerprint density at radius 3 is 2.17 bits per heavy atom. The molecule has 4 rings (SSSR count). The number of carbonyl (C=O) groups is 1. The van der Waals surface area contributed by atoms with Crippen molar-refractivity contribution in [3.05, 3.63) is 53.6 Å². The molecule has 11 atom stereocenters. The number of aliphatic hydroxyl groups is 5. The minimum Gasteiger partial charge on any atom is -0.504 e. The van der Waals surface area contributed by atoms with Crippen LogP contribution < -0.4 is 0 Å². The third-order valence-electron chi connectivity index (χ3n) is 7.71. The van der Waals surface area contributed by atoms with Crippen molar-refractivity contribution in [2.24, 2.45) is 0 Å². The van der Waals surface area contributed by atoms with Gasteiger partial charge in [-0.25, -0.2) is 4.79 Å². The summed E-state index contributed by atoms with van der Waals surface area (Å²) in [5.41, 5.74) is 0.739. The number of rotatable bonds is 12. The molecule has 0 amide bonds. The third-order valence-corrected chi connectivity index (χ3v) is 7.71. The van der Waals surface area contributed by atoms with Gasteiger partial charge in [-0.1, -0.05) is 12.1 Å². The van der Waals surface area contributed by atoms with Crippen LogP contribution in [0, 0.1) is 0 Å². The molecular formula is C31H40O16. The van der Waals surface area contributed by atoms with Gasteiger partial charge in [0.25, 0.3) is 0 Å². The fraction of sp³-hybridized carbons (Fsp3) is 0.516. The molecule has 16 heteroatoms. The van der Waals surface area contributed by atoms with Crippen molar-refractivity contribution in [3.63, 3.8) is 0 Å². The molecule has 260 valence electrons. The summed E-state index contributed by atoms with van der Waals surface area (Å²) in [5, 5.41) is 91.5. The molecule has 2 aliphatic heterocycles. The molecule has 2 aromatic rings. The van der Waals surface area contributed by atoms with Crippen molar-refractivity contribution in [2.75, 3.05) is 19.8 Å². The second-order valence-corrected chi connectivity index (χ2v) is 11.0. The van der Waals surface area contributed by atoms with Crippen LogP contribution in [0.25, 0.3) is 6.08 Å². The van der Waals surface area contributed by atoms with E-state index >= 15 is 0 Å². The summed E-state index contributed by atoms with van der Waals surface area (Å²) in [6.45, 7) is 2.30. The second-order valence-electron chi connectivity index (χ2n) is 11.0. The lowest BCUT2D eigenvalue weighted by molar-refractivity contribution is -0.359. The molecule has 2 saturated heterocycles. The van der Waals surface area contributed by atoms with Crippen LogP contribution in [-0.2, 0) is 33.2 Å². The average Bonchev–Trinajstić information content (AvgIpc) is 3.04. The zero-order valence-electron chi connectivity index (χ0n) is 25.5. The summed E-state index contributed by atoms with van der Waals surface area (Å²) >= 11 is 0. The maximum absolute atomic E-state index is 12.9. The van der Waals surface area contributed by atoms with E-state index in [-0.39, 0.29) is 24.7 Å². The molecule has 16 nitrogen and oxygen atoms in total. The van der Waals surface area contributed by atoms with Crippen LogP contribution in [-0.4, -0.2) is 133 Å². The van der Waals surface area contributed by atoms with Crippen LogP contribution in [0.4, 0.5) is 0 Å². The van der Waals surface area contributed by atoms with Crippen LogP contribution in [0.1, 0.15) is 31.1 Å². The SMILES string of the molecule is CCOC(COC1OC(CO)C(OC(=O)C=Cc2ccc(O)c(O)c2)C(OC2OC(C)C(O)C(O)C2O)C1O)c1ccc(O)c(O)c1. The van der Waals surface area contributed by atoms with Gasteiger partial charge in [-0.2, -0.15) is 0 Å². The zero-order valence-corrected chi connectivity index (χ0v) is 25.5. The van der Waals surface area contributed by atoms with Gasteiger partial charge < -0.3 is 74.4 Å². The minimum atomic E-state index is -1.80. The molecule has 11 unspecified atom stereocenters. The first-order valence-electron chi connectivity index (χ1n) is 14.8. The van der Waals surface area contributed by atoms with Crippen molar-refractivity contribution in [2.45, 2.75) is 81.4 Å². The summed E-state index contributed by atoms with van der Waals surface area (Å²) in [7, 11) is 0. The maximum Gasteiger partial charge on any atom is 0.331 e. The number of aliphatic hydroxyl groups excluding tert-OH is 5. The molecule has 0 bridgehead atoms. The van der Waals surface area contributed by atoms with Gasteiger partial charge in [0.2, 0.25) is 0 Å². The molecule has 0 aliphatic carbocycles. The molecule has 2 fully saturated rings. The number of aromatic hydroxyl groups is 4. The van der Waals surface area contributed by atoms with Crippen LogP contribution in [0.5, 0.6) is 23.0 Å². The van der Waals surface area contributed by atoms with Gasteiger partial charge in [0.15, 0.2) is 41.7 Å². The Morgan fingerprint density at radius 1 is 0.851 bits per heavy atom. The van der Waals surface area contributed by atoms with Gasteiger partial charge in [-0.3, -0.25) is 0 Å². The normalized spacial score (nSPS) is 31.9. The van der Waals surface area contributed by atoms with E-state index in [1.54, 1.807) is 6.92 Å². The highest BCUT2D eigenvalue weighted by atomic mass is 16.7. The number of benzene rings is 2. The number of carbonyl (C=O) groups excluding carboxylic acids is 1. The van der Waals surface area contributed by atoms with E-state index < -0.39 is 91.6 Å². The monoisotopic (exact) mass is 668 g/mol. The van der Waals surface area contributed by atoms with Gasteiger partial charge in [0.1, 0.15) is 42.7 Å². The van der Waals surface area contributed by atoms with Crippen molar-refractivity contribution >= 4 is 12.0 Å². The van der Waals surface area contributed by atoms with E-state index in [1.165, 1.54) is 49.4 Å². The van der Waals surface area contributed by atoms with E-state index in [2.05, 4.69) is 0 Å². The highest BCUT2D eigenvalue weighted by Crippen LogP contribution is 2.34. The zero-order chi connectivity index (χ0) is 34.4. The standard InChI is InChI=1S/C31H40O16/c1-3-42-22(16-6-8-18(34)20(36)11-16)13-43-30-27(41)29(47-31-26(40)25(39)24(38)14(2)44-31)28(21(12-32)45-30)46-23(37)9-5-15-4-7-17(33)19(35)10-15/h4-11,14,21-22,24-36,38-41H,3,12-13H2,1-2H3. The number of phenols is 4. The Hall–Kier alpha value is -3.55. The molecule has 2 aromatic carbocycles. The van der Waals surface area contributed by atoms with Crippen molar-refractivity contribution in [1.82, 2.24) is 0 Å². The smallest absolute Gasteiger partial charge is 0.331 e. The lowest BCUT2D eigenvalue weighted by atomic mass is 9.97. The van der Waals surface area contributed by atoms with Crippen LogP contribution in [0.3, 0.4) is 0 Å². The first-order valence-corrected chi connectivity index (χ1v) is 14.8. The van der Waals surface area contributed by atoms with Crippen LogP contribution >= 0.6 is 0 Å². The van der Waals surface area contributed by atoms with Crippen molar-refractivity contribution < 1.29 is 79.2 Å². The molecule has 0 spiro atoms. The molecule has 47 heavy (non-hydrogen) atoms. The number of hydrogen-bond donors (Lipinski definition) is 9. The summed E-state index contributed by atoms with van der Waals surface area (Å²) in [6.07, 6.45) is -14.1. The highest BCUT2D eigenvalue weighted by molar-refractivity contribution is 5.87. The lowest BCUT2D eigenvalue weighted by Crippen LogP contribution is -2.65. The molecule has 0 saturated carbocycles. The Kier molecular flexibility index (Phi) is 12.4. The van der Waals surface area contributed by atoms with Gasteiger partial charge in [-0.05, 0) is 55.3 Å². The van der Waals surface area contributed by atoms with E-state index in [0.29, 0.717) is 11.1 Å². The fourth-order valence-electron chi connectivity index (χ4n) is 5.10. The van der Waals surface area contributed by atoms with E-state index in [4.69, 9.17) is 28.4 Å². The predicted octanol–water partition coefficient (Wildman–Crippen LogP) is -0.481. The second kappa shape index (κ2) is 16.0. The molecule has 9 N–H and O–H groups in total. The number of hydrogen-bond acceptors (Lipinski definition) is 16. The largest absolute Gasteiger partial charge is 0.504 e. The molecule has 0 radical (unpaired) electrons. The van der Waals surface area contributed by atoms with Gasteiger partial charge >= 0.3 is 5.97 Å². The third kappa shape index (κ3) is 8.68. The average molecular weight is 669 g/mol. The first-order chi connectivity index (χ1) is 22.3. The molecule has 2 heterocycles. The minimum absolute atomic E-state index is 0.216. The quantitative estimate of drug-likeness (QED) is 0.0786. The van der Waals surface area contributed by atoms with E-state index in [1.807, 2.05) is 0 Å². The van der Waals surface area contributed by atoms with Gasteiger partial charge in [0.05, 0.1) is 19.3 Å². The van der Waals surface area contributed by atoms with E-state index in [9.17, 15) is 50.8 Å². The van der Waals surface area contributed by atoms with Crippen molar-refractivity contribution in [1.29, 1.82) is 0 Å². The fourth-order valence-corrected chi connectivity index (χ4v) is 5.10. The Balaban J connectivity index is 1.57. The predicted molar refractivity (Wildman–Crippen MR) is 158 cm³/mol. The summed E-state index contributed by atoms with van der Waals surface area (Å²) in [6, 6.07) is 7.83. The van der Waals surface area contributed by atoms with Gasteiger partial charge in [-0.15, -0.1) is 0 Å². The number of esters is 1. The molecule has 2 aliphatic rings. The van der Waals surface area contributed by atoms with Crippen LogP contribution in [0.15, 0.2) is 42.5 Å². The van der Waals surface area contributed by atoms with Gasteiger partial charge in [0, 0.05) is 12.7 Å². The summed E-state index contributed by atoms with van der Waals surface area (Å²) in [5.74, 6) is -2.54. The Labute approximate surface area is 269 Å². The lowest BCUT2D eigenvalue weighted by Gasteiger charge is -2.46. The van der Waals surface area contributed by atoms with Crippen LogP contribution in [0.2, 0.25) is 0 Å². The van der Waals surface area contributed by atoms with Crippen molar-refractivity contribution in [3.8, 4) is 23.0 Å².